The first-order valence-corrected chi connectivity index (χ1v) is 9.70. The van der Waals surface area contributed by atoms with Gasteiger partial charge in [-0.25, -0.2) is 18.4 Å². The fourth-order valence-electron chi connectivity index (χ4n) is 2.57. The van der Waals surface area contributed by atoms with Crippen LogP contribution in [0.25, 0.3) is 0 Å². The zero-order valence-corrected chi connectivity index (χ0v) is 15.6. The lowest BCUT2D eigenvalue weighted by Gasteiger charge is -2.39. The van der Waals surface area contributed by atoms with Crippen molar-refractivity contribution in [1.29, 1.82) is 0 Å². The summed E-state index contributed by atoms with van der Waals surface area (Å²) in [4.78, 5) is 11.0. The normalized spacial score (nSPS) is 19.8. The Hall–Kier alpha value is -1.83. The van der Waals surface area contributed by atoms with Gasteiger partial charge in [-0.3, -0.25) is 0 Å². The molecule has 0 radical (unpaired) electrons. The molecule has 0 aliphatic carbocycles. The summed E-state index contributed by atoms with van der Waals surface area (Å²) in [7, 11) is -1.49. The van der Waals surface area contributed by atoms with Gasteiger partial charge in [-0.15, -0.1) is 0 Å². The van der Waals surface area contributed by atoms with Gasteiger partial charge in [-0.2, -0.15) is 0 Å². The number of aliphatic imine (C=N–C) groups is 1. The predicted octanol–water partition coefficient (Wildman–Crippen LogP) is 1.06. The molecule has 0 saturated carbocycles. The minimum atomic E-state index is -3.07. The van der Waals surface area contributed by atoms with Crippen LogP contribution in [0.1, 0.15) is 26.5 Å². The smallest absolute Gasteiger partial charge is 0.213 e. The predicted molar refractivity (Wildman–Crippen MR) is 95.0 cm³/mol. The first-order chi connectivity index (χ1) is 11.3. The van der Waals surface area contributed by atoms with Crippen LogP contribution in [-0.2, 0) is 16.4 Å². The van der Waals surface area contributed by atoms with E-state index >= 15 is 0 Å². The summed E-state index contributed by atoms with van der Waals surface area (Å²) >= 11 is 0. The number of hydrogen-bond donors (Lipinski definition) is 1. The molecule has 1 aliphatic heterocycles. The van der Waals surface area contributed by atoms with Gasteiger partial charge in [0.1, 0.15) is 0 Å². The second kappa shape index (κ2) is 7.38. The number of ether oxygens (including phenoxy) is 1. The molecule has 0 aromatic carbocycles. The number of aromatic nitrogens is 1. The Morgan fingerprint density at radius 2 is 2.21 bits per heavy atom. The van der Waals surface area contributed by atoms with Gasteiger partial charge in [0.05, 0.1) is 29.8 Å². The molecule has 1 N–H and O–H groups in total. The summed E-state index contributed by atoms with van der Waals surface area (Å²) in [6, 6.07) is 5.55. The highest BCUT2D eigenvalue weighted by Gasteiger charge is 2.40. The van der Waals surface area contributed by atoms with Crippen LogP contribution in [0.5, 0.6) is 5.88 Å². The SMILES string of the molecule is CCNC(=NCc1cccc(OC)n1)N1CCS(=O)(=O)C(C)(C)C1. The van der Waals surface area contributed by atoms with Crippen LogP contribution in [0.3, 0.4) is 0 Å². The maximum atomic E-state index is 12.2. The lowest BCUT2D eigenvalue weighted by atomic mass is 10.2. The number of nitrogens with one attached hydrogen (secondary N) is 1. The third-order valence-corrected chi connectivity index (χ3v) is 6.59. The maximum absolute atomic E-state index is 12.2. The Labute approximate surface area is 144 Å². The van der Waals surface area contributed by atoms with Gasteiger partial charge in [-0.05, 0) is 26.8 Å². The number of guanidine groups is 1. The minimum absolute atomic E-state index is 0.141. The van der Waals surface area contributed by atoms with E-state index < -0.39 is 14.6 Å². The quantitative estimate of drug-likeness (QED) is 0.643. The summed E-state index contributed by atoms with van der Waals surface area (Å²) < 4.78 is 28.7. The molecule has 8 heteroatoms. The van der Waals surface area contributed by atoms with Crippen LogP contribution in [0.2, 0.25) is 0 Å². The zero-order valence-electron chi connectivity index (χ0n) is 14.7. The highest BCUT2D eigenvalue weighted by atomic mass is 32.2. The van der Waals surface area contributed by atoms with Gasteiger partial charge in [-0.1, -0.05) is 6.07 Å². The molecule has 0 spiro atoms. The van der Waals surface area contributed by atoms with Crippen LogP contribution < -0.4 is 10.1 Å². The van der Waals surface area contributed by atoms with E-state index in [-0.39, 0.29) is 5.75 Å². The molecule has 1 aromatic rings. The van der Waals surface area contributed by atoms with Crippen molar-refractivity contribution in [2.45, 2.75) is 32.1 Å². The van der Waals surface area contributed by atoms with E-state index in [1.807, 2.05) is 24.0 Å². The third-order valence-electron chi connectivity index (χ3n) is 4.06. The molecule has 2 heterocycles. The molecular weight excluding hydrogens is 328 g/mol. The van der Waals surface area contributed by atoms with Crippen LogP contribution >= 0.6 is 0 Å². The van der Waals surface area contributed by atoms with Crippen LogP contribution in [0.4, 0.5) is 0 Å². The lowest BCUT2D eigenvalue weighted by Crippen LogP contribution is -2.57. The van der Waals surface area contributed by atoms with E-state index in [0.717, 1.165) is 5.69 Å². The molecule has 1 fully saturated rings. The number of rotatable bonds is 4. The van der Waals surface area contributed by atoms with Crippen LogP contribution in [0, 0.1) is 0 Å². The summed E-state index contributed by atoms with van der Waals surface area (Å²) in [5.74, 6) is 1.41. The van der Waals surface area contributed by atoms with Gasteiger partial charge in [0.15, 0.2) is 15.8 Å². The first-order valence-electron chi connectivity index (χ1n) is 8.04. The molecule has 1 saturated heterocycles. The van der Waals surface area contributed by atoms with Gasteiger partial charge in [0.2, 0.25) is 5.88 Å². The molecule has 0 atom stereocenters. The Balaban J connectivity index is 2.16. The molecule has 24 heavy (non-hydrogen) atoms. The Morgan fingerprint density at radius 3 is 2.83 bits per heavy atom. The molecule has 0 amide bonds. The van der Waals surface area contributed by atoms with Crippen molar-refractivity contribution in [3.05, 3.63) is 23.9 Å². The number of hydrogen-bond acceptors (Lipinski definition) is 5. The van der Waals surface area contributed by atoms with Crippen molar-refractivity contribution in [1.82, 2.24) is 15.2 Å². The number of sulfone groups is 1. The standard InChI is InChI=1S/C16H26N4O3S/c1-5-17-15(18-11-13-7-6-8-14(19-13)23-4)20-9-10-24(21,22)16(2,3)12-20/h6-8H,5,9-12H2,1-4H3,(H,17,18). The number of nitrogens with zero attached hydrogens (tertiary/aromatic N) is 3. The Bertz CT molecular complexity index is 701. The van der Waals surface area contributed by atoms with E-state index in [4.69, 9.17) is 4.74 Å². The Kier molecular flexibility index (Phi) is 5.69. The van der Waals surface area contributed by atoms with Gasteiger partial charge < -0.3 is 15.0 Å². The maximum Gasteiger partial charge on any atom is 0.213 e. The monoisotopic (exact) mass is 354 g/mol. The van der Waals surface area contributed by atoms with Gasteiger partial charge in [0, 0.05) is 25.7 Å². The summed E-state index contributed by atoms with van der Waals surface area (Å²) in [5, 5.41) is 3.24. The molecular formula is C16H26N4O3S. The van der Waals surface area contributed by atoms with E-state index in [0.29, 0.717) is 38.0 Å². The zero-order chi connectivity index (χ0) is 17.8. The summed E-state index contributed by atoms with van der Waals surface area (Å²) in [6.45, 7) is 7.52. The second-order valence-electron chi connectivity index (χ2n) is 6.34. The minimum Gasteiger partial charge on any atom is -0.481 e. The highest BCUT2D eigenvalue weighted by molar-refractivity contribution is 7.92. The largest absolute Gasteiger partial charge is 0.481 e. The van der Waals surface area contributed by atoms with Crippen molar-refractivity contribution >= 4 is 15.8 Å². The van der Waals surface area contributed by atoms with Crippen LogP contribution in [-0.4, -0.2) is 61.5 Å². The molecule has 1 aliphatic rings. The molecule has 1 aromatic heterocycles. The van der Waals surface area contributed by atoms with E-state index in [1.54, 1.807) is 27.0 Å². The molecule has 0 bridgehead atoms. The van der Waals surface area contributed by atoms with Crippen molar-refractivity contribution in [2.24, 2.45) is 4.99 Å². The number of pyridine rings is 1. The average molecular weight is 354 g/mol. The van der Waals surface area contributed by atoms with Crippen molar-refractivity contribution in [2.75, 3.05) is 32.5 Å². The lowest BCUT2D eigenvalue weighted by molar-refractivity contribution is 0.353. The summed E-state index contributed by atoms with van der Waals surface area (Å²) in [5.41, 5.74) is 0.800. The van der Waals surface area contributed by atoms with E-state index in [9.17, 15) is 8.42 Å². The number of methoxy groups -OCH3 is 1. The third kappa shape index (κ3) is 4.17. The molecule has 2 rings (SSSR count). The average Bonchev–Trinajstić information content (AvgIpc) is 2.54. The fraction of sp³-hybridized carbons (Fsp3) is 0.625. The van der Waals surface area contributed by atoms with Gasteiger partial charge >= 0.3 is 0 Å². The topological polar surface area (TPSA) is 83.9 Å². The molecule has 7 nitrogen and oxygen atoms in total. The first kappa shape index (κ1) is 18.5. The fourth-order valence-corrected chi connectivity index (χ4v) is 3.93. The van der Waals surface area contributed by atoms with Crippen molar-refractivity contribution in [3.8, 4) is 5.88 Å². The van der Waals surface area contributed by atoms with Crippen LogP contribution in [0.15, 0.2) is 23.2 Å². The summed E-state index contributed by atoms with van der Waals surface area (Å²) in [6.07, 6.45) is 0. The highest BCUT2D eigenvalue weighted by Crippen LogP contribution is 2.23. The molecule has 134 valence electrons. The van der Waals surface area contributed by atoms with E-state index in [2.05, 4.69) is 15.3 Å². The van der Waals surface area contributed by atoms with Crippen molar-refractivity contribution < 1.29 is 13.2 Å². The second-order valence-corrected chi connectivity index (χ2v) is 9.08. The molecule has 0 unspecified atom stereocenters. The van der Waals surface area contributed by atoms with Crippen molar-refractivity contribution in [3.63, 3.8) is 0 Å². The van der Waals surface area contributed by atoms with E-state index in [1.165, 1.54) is 0 Å². The Morgan fingerprint density at radius 1 is 1.46 bits per heavy atom. The van der Waals surface area contributed by atoms with Gasteiger partial charge in [0.25, 0.3) is 0 Å².